The van der Waals surface area contributed by atoms with Crippen LogP contribution in [0, 0.1) is 0 Å². The topological polar surface area (TPSA) is 40.5 Å². The van der Waals surface area contributed by atoms with Crippen LogP contribution in [0.4, 0.5) is 0 Å². The Balaban J connectivity index is 2.69. The Morgan fingerprint density at radius 3 is 2.62 bits per heavy atom. The number of nitrogens with zero attached hydrogens (tertiary/aromatic N) is 1. The average Bonchev–Trinajstić information content (AvgIpc) is 1.98. The molecule has 1 unspecified atom stereocenters. The van der Waals surface area contributed by atoms with E-state index in [1.165, 1.54) is 15.3 Å². The van der Waals surface area contributed by atoms with E-state index in [-0.39, 0.29) is 5.91 Å². The summed E-state index contributed by atoms with van der Waals surface area (Å²) in [5, 5.41) is 8.78. The Labute approximate surface area is 60.5 Å². The summed E-state index contributed by atoms with van der Waals surface area (Å²) in [5.41, 5.74) is 0. The van der Waals surface area contributed by atoms with Crippen LogP contribution < -0.4 is 0 Å². The highest BCUT2D eigenvalue weighted by atomic mass is 127. The second kappa shape index (κ2) is 2.02. The highest BCUT2D eigenvalue weighted by molar-refractivity contribution is 14.1. The lowest BCUT2D eigenvalue weighted by molar-refractivity contribution is -0.122. The first kappa shape index (κ1) is 6.03. The predicted octanol–water partition coefficient (Wildman–Crippen LogP) is 0.0532. The van der Waals surface area contributed by atoms with E-state index in [0.29, 0.717) is 0 Å². The molecule has 1 N–H and O–H groups in total. The minimum absolute atomic E-state index is 0.155. The second-order valence-corrected chi connectivity index (χ2v) is 2.46. The van der Waals surface area contributed by atoms with Crippen molar-refractivity contribution < 1.29 is 9.90 Å². The molecule has 1 amide bonds. The van der Waals surface area contributed by atoms with Gasteiger partial charge in [-0.2, -0.15) is 0 Å². The van der Waals surface area contributed by atoms with E-state index in [1.54, 1.807) is 22.9 Å². The zero-order valence-electron chi connectivity index (χ0n) is 3.91. The lowest BCUT2D eigenvalue weighted by atomic mass is 10.5. The molecule has 1 atom stereocenters. The van der Waals surface area contributed by atoms with Crippen LogP contribution in [0.25, 0.3) is 0 Å². The first-order chi connectivity index (χ1) is 3.72. The minimum Gasteiger partial charge on any atom is -0.369 e. The van der Waals surface area contributed by atoms with Gasteiger partial charge in [-0.15, -0.1) is 0 Å². The lowest BCUT2D eigenvalue weighted by Crippen LogP contribution is -2.22. The SMILES string of the molecule is O=C1C=CC(O)N1I. The molecule has 0 aromatic rings. The van der Waals surface area contributed by atoms with Crippen molar-refractivity contribution in [2.75, 3.05) is 0 Å². The van der Waals surface area contributed by atoms with Gasteiger partial charge >= 0.3 is 0 Å². The molecule has 1 aliphatic rings. The quantitative estimate of drug-likeness (QED) is 0.467. The third-order valence-electron chi connectivity index (χ3n) is 0.854. The van der Waals surface area contributed by atoms with Crippen molar-refractivity contribution in [3.8, 4) is 0 Å². The van der Waals surface area contributed by atoms with Crippen molar-refractivity contribution in [3.63, 3.8) is 0 Å². The summed E-state index contributed by atoms with van der Waals surface area (Å²) < 4.78 is 1.22. The Kier molecular flexibility index (Phi) is 1.52. The van der Waals surface area contributed by atoms with Gasteiger partial charge in [-0.1, -0.05) is 0 Å². The summed E-state index contributed by atoms with van der Waals surface area (Å²) in [6.07, 6.45) is 2.06. The zero-order chi connectivity index (χ0) is 6.15. The summed E-state index contributed by atoms with van der Waals surface area (Å²) >= 11 is 1.76. The van der Waals surface area contributed by atoms with E-state index in [2.05, 4.69) is 0 Å². The molecule has 1 aliphatic heterocycles. The van der Waals surface area contributed by atoms with Gasteiger partial charge < -0.3 is 5.11 Å². The molecule has 0 spiro atoms. The molecule has 0 radical (unpaired) electrons. The van der Waals surface area contributed by atoms with Gasteiger partial charge in [0.25, 0.3) is 5.91 Å². The molecule has 0 bridgehead atoms. The maximum absolute atomic E-state index is 10.5. The third-order valence-corrected chi connectivity index (χ3v) is 1.90. The average molecular weight is 225 g/mol. The molecule has 0 fully saturated rings. The van der Waals surface area contributed by atoms with Crippen molar-refractivity contribution >= 4 is 28.8 Å². The van der Waals surface area contributed by atoms with Crippen LogP contribution >= 0.6 is 22.9 Å². The highest BCUT2D eigenvalue weighted by Gasteiger charge is 2.19. The molecule has 0 saturated carbocycles. The molecule has 3 nitrogen and oxygen atoms in total. The Hall–Kier alpha value is -0.100. The maximum Gasteiger partial charge on any atom is 0.257 e. The highest BCUT2D eigenvalue weighted by Crippen LogP contribution is 2.12. The zero-order valence-corrected chi connectivity index (χ0v) is 6.07. The molecule has 1 heterocycles. The monoisotopic (exact) mass is 225 g/mol. The molecule has 1 rings (SSSR count). The van der Waals surface area contributed by atoms with Crippen LogP contribution in [-0.2, 0) is 4.79 Å². The lowest BCUT2D eigenvalue weighted by Gasteiger charge is -2.08. The summed E-state index contributed by atoms with van der Waals surface area (Å²) in [6.45, 7) is 0. The standard InChI is InChI=1S/C4H4INO2/c5-6-3(7)1-2-4(6)8/h1-3,7H. The van der Waals surface area contributed by atoms with Gasteiger partial charge in [0.2, 0.25) is 0 Å². The van der Waals surface area contributed by atoms with Crippen molar-refractivity contribution in [1.82, 2.24) is 3.11 Å². The van der Waals surface area contributed by atoms with Crippen LogP contribution in [0.1, 0.15) is 0 Å². The first-order valence-electron chi connectivity index (χ1n) is 2.07. The fraction of sp³-hybridized carbons (Fsp3) is 0.250. The molecule has 8 heavy (non-hydrogen) atoms. The predicted molar refractivity (Wildman–Crippen MR) is 36.0 cm³/mol. The Bertz CT molecular complexity index is 145. The van der Waals surface area contributed by atoms with E-state index >= 15 is 0 Å². The summed E-state index contributed by atoms with van der Waals surface area (Å²) in [4.78, 5) is 10.5. The number of amides is 1. The fourth-order valence-electron chi connectivity index (χ4n) is 0.446. The van der Waals surface area contributed by atoms with Crippen molar-refractivity contribution in [2.45, 2.75) is 6.23 Å². The van der Waals surface area contributed by atoms with Crippen LogP contribution in [-0.4, -0.2) is 20.4 Å². The van der Waals surface area contributed by atoms with E-state index in [1.807, 2.05) is 0 Å². The number of rotatable bonds is 0. The number of carbonyl (C=O) groups excluding carboxylic acids is 1. The normalized spacial score (nSPS) is 27.5. The largest absolute Gasteiger partial charge is 0.369 e. The third kappa shape index (κ3) is 0.851. The van der Waals surface area contributed by atoms with E-state index in [0.717, 1.165) is 0 Å². The van der Waals surface area contributed by atoms with Crippen LogP contribution in [0.15, 0.2) is 12.2 Å². The van der Waals surface area contributed by atoms with Gasteiger partial charge in [0.15, 0.2) is 6.23 Å². The minimum atomic E-state index is -0.719. The smallest absolute Gasteiger partial charge is 0.257 e. The molecule has 4 heteroatoms. The van der Waals surface area contributed by atoms with Gasteiger partial charge in [-0.3, -0.25) is 7.91 Å². The molecular formula is C4H4INO2. The maximum atomic E-state index is 10.5. The van der Waals surface area contributed by atoms with E-state index in [9.17, 15) is 4.79 Å². The Morgan fingerprint density at radius 1 is 1.88 bits per heavy atom. The van der Waals surface area contributed by atoms with Crippen LogP contribution in [0.3, 0.4) is 0 Å². The first-order valence-corrected chi connectivity index (χ1v) is 3.03. The number of aliphatic hydroxyl groups is 1. The van der Waals surface area contributed by atoms with Gasteiger partial charge in [0.1, 0.15) is 0 Å². The van der Waals surface area contributed by atoms with Gasteiger partial charge in [0.05, 0.1) is 22.9 Å². The van der Waals surface area contributed by atoms with E-state index < -0.39 is 6.23 Å². The van der Waals surface area contributed by atoms with Crippen molar-refractivity contribution in [2.24, 2.45) is 0 Å². The molecule has 0 saturated heterocycles. The molecule has 44 valence electrons. The summed E-state index contributed by atoms with van der Waals surface area (Å²) in [6, 6.07) is 0. The number of aliphatic hydroxyl groups excluding tert-OH is 1. The van der Waals surface area contributed by atoms with Gasteiger partial charge in [-0.05, 0) is 6.08 Å². The molecular weight excluding hydrogens is 221 g/mol. The van der Waals surface area contributed by atoms with Crippen molar-refractivity contribution in [1.29, 1.82) is 0 Å². The summed E-state index contributed by atoms with van der Waals surface area (Å²) in [5.74, 6) is -0.155. The molecule has 0 aromatic carbocycles. The molecule has 0 aromatic heterocycles. The molecule has 0 aliphatic carbocycles. The number of carbonyl (C=O) groups is 1. The van der Waals surface area contributed by atoms with Gasteiger partial charge in [-0.25, -0.2) is 0 Å². The second-order valence-electron chi connectivity index (χ2n) is 1.42. The fourth-order valence-corrected chi connectivity index (χ4v) is 0.792. The number of hydrogen-bond acceptors (Lipinski definition) is 2. The number of halogens is 1. The Morgan fingerprint density at radius 2 is 2.50 bits per heavy atom. The van der Waals surface area contributed by atoms with Crippen LogP contribution in [0.2, 0.25) is 0 Å². The van der Waals surface area contributed by atoms with Crippen molar-refractivity contribution in [3.05, 3.63) is 12.2 Å². The summed E-state index contributed by atoms with van der Waals surface area (Å²) in [7, 11) is 0. The van der Waals surface area contributed by atoms with E-state index in [4.69, 9.17) is 5.11 Å². The van der Waals surface area contributed by atoms with Crippen LogP contribution in [0.5, 0.6) is 0 Å². The van der Waals surface area contributed by atoms with Gasteiger partial charge in [0, 0.05) is 6.08 Å². The number of hydrogen-bond donors (Lipinski definition) is 1.